The van der Waals surface area contributed by atoms with Crippen molar-refractivity contribution < 1.29 is 5.11 Å². The van der Waals surface area contributed by atoms with Crippen LogP contribution in [0.1, 0.15) is 25.8 Å². The largest absolute Gasteiger partial charge is 0.391 e. The van der Waals surface area contributed by atoms with Crippen molar-refractivity contribution in [2.75, 3.05) is 5.73 Å². The summed E-state index contributed by atoms with van der Waals surface area (Å²) in [5.74, 6) is 2.70. The molecule has 2 aromatic heterocycles. The van der Waals surface area contributed by atoms with E-state index in [1.54, 1.807) is 10.9 Å². The fraction of sp³-hybridized carbons (Fsp3) is 0.462. The number of nitrogens with zero attached hydrogens (tertiary/aromatic N) is 3. The lowest BCUT2D eigenvalue weighted by Crippen LogP contribution is -2.23. The number of aromatic amines is 1. The highest BCUT2D eigenvalue weighted by Crippen LogP contribution is 2.44. The molecule has 0 bridgehead atoms. The third kappa shape index (κ3) is 1.69. The summed E-state index contributed by atoms with van der Waals surface area (Å²) in [6.07, 6.45) is 7.57. The highest BCUT2D eigenvalue weighted by atomic mass is 16.3. The van der Waals surface area contributed by atoms with Gasteiger partial charge in [-0.15, -0.1) is 6.42 Å². The van der Waals surface area contributed by atoms with E-state index in [2.05, 4.69) is 20.9 Å². The molecule has 1 aliphatic carbocycles. The Morgan fingerprint density at radius 3 is 3.10 bits per heavy atom. The van der Waals surface area contributed by atoms with Crippen LogP contribution in [0.15, 0.2) is 11.1 Å². The number of nitrogens with two attached hydrogens (primary N) is 1. The van der Waals surface area contributed by atoms with Gasteiger partial charge in [-0.3, -0.25) is 9.78 Å². The number of H-pyrrole nitrogens is 1. The number of nitrogen functional groups attached to an aromatic ring is 1. The molecule has 3 atom stereocenters. The molecule has 0 aromatic carbocycles. The Hall–Kier alpha value is -2.33. The van der Waals surface area contributed by atoms with Crippen molar-refractivity contribution in [2.45, 2.75) is 31.9 Å². The summed E-state index contributed by atoms with van der Waals surface area (Å²) >= 11 is 0. The first-order chi connectivity index (χ1) is 9.44. The van der Waals surface area contributed by atoms with Gasteiger partial charge in [-0.1, -0.05) is 5.92 Å². The molecule has 1 saturated carbocycles. The van der Waals surface area contributed by atoms with E-state index < -0.39 is 11.5 Å². The molecule has 0 radical (unpaired) electrons. The Morgan fingerprint density at radius 2 is 2.45 bits per heavy atom. The van der Waals surface area contributed by atoms with Crippen LogP contribution in [0.25, 0.3) is 11.2 Å². The first kappa shape index (κ1) is 12.7. The van der Waals surface area contributed by atoms with Crippen molar-refractivity contribution in [3.8, 4) is 12.3 Å². The molecule has 0 amide bonds. The Balaban J connectivity index is 2.09. The normalized spacial score (nSPS) is 29.6. The fourth-order valence-corrected chi connectivity index (χ4v) is 2.80. The van der Waals surface area contributed by atoms with Gasteiger partial charge in [-0.05, 0) is 19.8 Å². The lowest BCUT2D eigenvalue weighted by atomic mass is 9.88. The number of aliphatic hydroxyl groups is 1. The zero-order chi connectivity index (χ0) is 14.5. The van der Waals surface area contributed by atoms with E-state index >= 15 is 0 Å². The van der Waals surface area contributed by atoms with E-state index in [0.717, 1.165) is 0 Å². The second-order valence-electron chi connectivity index (χ2n) is 5.45. The Labute approximate surface area is 114 Å². The zero-order valence-electron chi connectivity index (χ0n) is 11.0. The van der Waals surface area contributed by atoms with Crippen molar-refractivity contribution in [1.29, 1.82) is 0 Å². The number of anilines is 1. The highest BCUT2D eigenvalue weighted by molar-refractivity contribution is 5.70. The maximum Gasteiger partial charge on any atom is 0.280 e. The highest BCUT2D eigenvalue weighted by Gasteiger charge is 2.43. The summed E-state index contributed by atoms with van der Waals surface area (Å²) in [4.78, 5) is 22.3. The van der Waals surface area contributed by atoms with Gasteiger partial charge in [-0.25, -0.2) is 4.98 Å². The quantitative estimate of drug-likeness (QED) is 0.635. The summed E-state index contributed by atoms with van der Waals surface area (Å²) < 4.78 is 1.77. The summed E-state index contributed by atoms with van der Waals surface area (Å²) in [5, 5.41) is 10.1. The maximum atomic E-state index is 11.7. The molecule has 20 heavy (non-hydrogen) atoms. The third-order valence-corrected chi connectivity index (χ3v) is 4.06. The molecule has 0 aliphatic heterocycles. The average Bonchev–Trinajstić information content (AvgIpc) is 2.92. The number of hydrogen-bond donors (Lipinski definition) is 3. The molecule has 4 N–H and O–H groups in total. The van der Waals surface area contributed by atoms with Crippen LogP contribution in [-0.4, -0.2) is 30.7 Å². The minimum Gasteiger partial charge on any atom is -0.391 e. The molecule has 2 aromatic rings. The summed E-state index contributed by atoms with van der Waals surface area (Å²) in [6, 6.07) is -0.0512. The number of aromatic nitrogens is 4. The van der Waals surface area contributed by atoms with Gasteiger partial charge in [0.1, 0.15) is 0 Å². The van der Waals surface area contributed by atoms with E-state index in [9.17, 15) is 9.90 Å². The van der Waals surface area contributed by atoms with Crippen LogP contribution in [0.3, 0.4) is 0 Å². The van der Waals surface area contributed by atoms with Gasteiger partial charge in [0.15, 0.2) is 11.2 Å². The third-order valence-electron chi connectivity index (χ3n) is 4.06. The van der Waals surface area contributed by atoms with Crippen LogP contribution in [0, 0.1) is 17.8 Å². The standard InChI is InChI=1S/C13H15N5O2/c1-3-13(2)5-7(4-8(13)19)18-6-15-9-10(18)16-12(14)17-11(9)20/h1,6-8,19H,4-5H2,2H3,(H3,14,16,17,20)/t7-,8-,13+/m1/s1. The lowest BCUT2D eigenvalue weighted by Gasteiger charge is -2.20. The molecular weight excluding hydrogens is 258 g/mol. The number of rotatable bonds is 1. The van der Waals surface area contributed by atoms with Gasteiger partial charge in [0.25, 0.3) is 5.56 Å². The van der Waals surface area contributed by atoms with Crippen molar-refractivity contribution in [1.82, 2.24) is 19.5 Å². The summed E-state index contributed by atoms with van der Waals surface area (Å²) in [6.45, 7) is 1.85. The first-order valence-electron chi connectivity index (χ1n) is 6.33. The number of imidazole rings is 1. The Kier molecular flexibility index (Phi) is 2.59. The zero-order valence-corrected chi connectivity index (χ0v) is 11.0. The van der Waals surface area contributed by atoms with Crippen LogP contribution < -0.4 is 11.3 Å². The second-order valence-corrected chi connectivity index (χ2v) is 5.45. The van der Waals surface area contributed by atoms with E-state index in [0.29, 0.717) is 18.5 Å². The molecule has 0 spiro atoms. The van der Waals surface area contributed by atoms with Gasteiger partial charge >= 0.3 is 0 Å². The molecule has 0 saturated heterocycles. The predicted molar refractivity (Wildman–Crippen MR) is 73.8 cm³/mol. The molecule has 1 fully saturated rings. The van der Waals surface area contributed by atoms with Gasteiger partial charge < -0.3 is 15.4 Å². The number of aliphatic hydroxyl groups excluding tert-OH is 1. The topological polar surface area (TPSA) is 110 Å². The molecule has 7 nitrogen and oxygen atoms in total. The van der Waals surface area contributed by atoms with Gasteiger partial charge in [-0.2, -0.15) is 4.98 Å². The van der Waals surface area contributed by atoms with Crippen molar-refractivity contribution in [2.24, 2.45) is 5.41 Å². The van der Waals surface area contributed by atoms with Gasteiger partial charge in [0.05, 0.1) is 17.8 Å². The predicted octanol–water partition coefficient (Wildman–Crippen LogP) is 0.0371. The molecule has 0 unspecified atom stereocenters. The molecule has 2 heterocycles. The second kappa shape index (κ2) is 4.08. The molecular formula is C13H15N5O2. The van der Waals surface area contributed by atoms with Crippen LogP contribution in [-0.2, 0) is 0 Å². The van der Waals surface area contributed by atoms with Crippen LogP contribution in [0.2, 0.25) is 0 Å². The SMILES string of the molecule is C#C[C@@]1(C)C[C@H](n2cnc3c(=O)[nH]c(N)nc32)C[C@H]1O. The summed E-state index contributed by atoms with van der Waals surface area (Å²) in [5.41, 5.74) is 5.28. The van der Waals surface area contributed by atoms with Gasteiger partial charge in [0.2, 0.25) is 5.95 Å². The number of hydrogen-bond acceptors (Lipinski definition) is 5. The minimum atomic E-state index is -0.589. The van der Waals surface area contributed by atoms with Crippen molar-refractivity contribution in [3.05, 3.63) is 16.7 Å². The molecule has 3 rings (SSSR count). The number of fused-ring (bicyclic) bond motifs is 1. The number of nitrogens with one attached hydrogen (secondary N) is 1. The molecule has 1 aliphatic rings. The maximum absolute atomic E-state index is 11.7. The van der Waals surface area contributed by atoms with Crippen LogP contribution in [0.5, 0.6) is 0 Å². The van der Waals surface area contributed by atoms with E-state index in [4.69, 9.17) is 12.2 Å². The van der Waals surface area contributed by atoms with E-state index in [-0.39, 0.29) is 23.1 Å². The average molecular weight is 273 g/mol. The van der Waals surface area contributed by atoms with Crippen molar-refractivity contribution in [3.63, 3.8) is 0 Å². The van der Waals surface area contributed by atoms with Crippen LogP contribution in [0.4, 0.5) is 5.95 Å². The Bertz CT molecular complexity index is 771. The first-order valence-corrected chi connectivity index (χ1v) is 6.33. The number of terminal acetylenes is 1. The van der Waals surface area contributed by atoms with Gasteiger partial charge in [0, 0.05) is 6.04 Å². The summed E-state index contributed by atoms with van der Waals surface area (Å²) in [7, 11) is 0. The monoisotopic (exact) mass is 273 g/mol. The molecule has 7 heteroatoms. The minimum absolute atomic E-state index is 0.0440. The lowest BCUT2D eigenvalue weighted by molar-refractivity contribution is 0.104. The van der Waals surface area contributed by atoms with Crippen molar-refractivity contribution >= 4 is 17.1 Å². The smallest absolute Gasteiger partial charge is 0.280 e. The molecule has 104 valence electrons. The Morgan fingerprint density at radius 1 is 1.70 bits per heavy atom. The van der Waals surface area contributed by atoms with E-state index in [1.165, 1.54) is 0 Å². The fourth-order valence-electron chi connectivity index (χ4n) is 2.80. The van der Waals surface area contributed by atoms with Crippen LogP contribution >= 0.6 is 0 Å². The van der Waals surface area contributed by atoms with E-state index in [1.807, 2.05) is 6.92 Å².